The first-order chi connectivity index (χ1) is 14.0. The van der Waals surface area contributed by atoms with Gasteiger partial charge >= 0.3 is 0 Å². The maximum atomic E-state index is 12.4. The molecule has 3 N–H and O–H groups in total. The summed E-state index contributed by atoms with van der Waals surface area (Å²) in [6, 6.07) is 7.34. The lowest BCUT2D eigenvalue weighted by atomic mass is 9.95. The van der Waals surface area contributed by atoms with Crippen molar-refractivity contribution in [3.05, 3.63) is 29.8 Å². The van der Waals surface area contributed by atoms with E-state index in [1.54, 1.807) is 18.2 Å². The molecule has 9 heteroatoms. The van der Waals surface area contributed by atoms with Gasteiger partial charge in [-0.3, -0.25) is 0 Å². The van der Waals surface area contributed by atoms with Gasteiger partial charge in [0.25, 0.3) is 0 Å². The van der Waals surface area contributed by atoms with E-state index < -0.39 is 10.0 Å². The summed E-state index contributed by atoms with van der Waals surface area (Å²) in [4.78, 5) is 4.92. The van der Waals surface area contributed by atoms with Crippen molar-refractivity contribution < 1.29 is 13.2 Å². The Labute approximate surface area is 179 Å². The number of guanidine groups is 1. The molecule has 29 heavy (non-hydrogen) atoms. The number of ether oxygens (including phenoxy) is 1. The SMILES string of the molecule is CCNC(=NCc1cccc(S(=O)(=O)NCCOC)c1)NC1CCCC(SC)C1. The Hall–Kier alpha value is -1.29. The quantitative estimate of drug-likeness (QED) is 0.293. The van der Waals surface area contributed by atoms with Crippen LogP contribution in [0.4, 0.5) is 0 Å². The van der Waals surface area contributed by atoms with Gasteiger partial charge in [0.1, 0.15) is 0 Å². The topological polar surface area (TPSA) is 91.8 Å². The van der Waals surface area contributed by atoms with Gasteiger partial charge in [-0.15, -0.1) is 0 Å². The van der Waals surface area contributed by atoms with Gasteiger partial charge in [-0.1, -0.05) is 18.6 Å². The zero-order valence-electron chi connectivity index (χ0n) is 17.6. The third kappa shape index (κ3) is 8.16. The van der Waals surface area contributed by atoms with E-state index in [2.05, 4.69) is 26.6 Å². The Morgan fingerprint density at radius 2 is 2.17 bits per heavy atom. The molecule has 0 saturated heterocycles. The van der Waals surface area contributed by atoms with Crippen LogP contribution in [0.5, 0.6) is 0 Å². The summed E-state index contributed by atoms with van der Waals surface area (Å²) in [7, 11) is -2.01. The molecule has 1 aromatic carbocycles. The van der Waals surface area contributed by atoms with Gasteiger partial charge in [0.15, 0.2) is 5.96 Å². The lowest BCUT2D eigenvalue weighted by Crippen LogP contribution is -2.45. The van der Waals surface area contributed by atoms with Crippen molar-refractivity contribution in [2.24, 2.45) is 4.99 Å². The molecular weight excluding hydrogens is 408 g/mol. The van der Waals surface area contributed by atoms with E-state index in [1.165, 1.54) is 20.0 Å². The first-order valence-corrected chi connectivity index (χ1v) is 12.9. The summed E-state index contributed by atoms with van der Waals surface area (Å²) in [5, 5.41) is 7.56. The molecule has 2 atom stereocenters. The highest BCUT2D eigenvalue weighted by molar-refractivity contribution is 7.99. The Morgan fingerprint density at radius 3 is 2.90 bits per heavy atom. The lowest BCUT2D eigenvalue weighted by molar-refractivity contribution is 0.204. The Morgan fingerprint density at radius 1 is 1.34 bits per heavy atom. The minimum atomic E-state index is -3.55. The molecule has 1 aliphatic rings. The van der Waals surface area contributed by atoms with Gasteiger partial charge < -0.3 is 15.4 Å². The average molecular weight is 443 g/mol. The van der Waals surface area contributed by atoms with Crippen molar-refractivity contribution in [2.45, 2.75) is 55.3 Å². The fourth-order valence-electron chi connectivity index (χ4n) is 3.35. The third-order valence-corrected chi connectivity index (χ3v) is 7.42. The number of hydrogen-bond donors (Lipinski definition) is 3. The molecule has 1 saturated carbocycles. The van der Waals surface area contributed by atoms with Gasteiger partial charge in [-0.2, -0.15) is 11.8 Å². The molecule has 0 bridgehead atoms. The molecular formula is C20H34N4O3S2. The van der Waals surface area contributed by atoms with E-state index in [-0.39, 0.29) is 11.4 Å². The van der Waals surface area contributed by atoms with Crippen molar-refractivity contribution in [1.82, 2.24) is 15.4 Å². The van der Waals surface area contributed by atoms with Gasteiger partial charge in [-0.25, -0.2) is 18.1 Å². The monoisotopic (exact) mass is 442 g/mol. The lowest BCUT2D eigenvalue weighted by Gasteiger charge is -2.29. The fourth-order valence-corrected chi connectivity index (χ4v) is 5.26. The van der Waals surface area contributed by atoms with E-state index in [4.69, 9.17) is 4.74 Å². The maximum Gasteiger partial charge on any atom is 0.240 e. The second-order valence-electron chi connectivity index (χ2n) is 7.10. The van der Waals surface area contributed by atoms with Crippen LogP contribution in [0.1, 0.15) is 38.2 Å². The molecule has 2 rings (SSSR count). The summed E-state index contributed by atoms with van der Waals surface area (Å²) >= 11 is 1.94. The van der Waals surface area contributed by atoms with Gasteiger partial charge in [0, 0.05) is 31.5 Å². The predicted molar refractivity (Wildman–Crippen MR) is 121 cm³/mol. The van der Waals surface area contributed by atoms with Crippen LogP contribution in [-0.2, 0) is 21.3 Å². The molecule has 0 heterocycles. The van der Waals surface area contributed by atoms with Crippen LogP contribution in [0.2, 0.25) is 0 Å². The van der Waals surface area contributed by atoms with Crippen LogP contribution in [0.25, 0.3) is 0 Å². The largest absolute Gasteiger partial charge is 0.383 e. The average Bonchev–Trinajstić information content (AvgIpc) is 2.72. The molecule has 0 amide bonds. The second-order valence-corrected chi connectivity index (χ2v) is 10.0. The van der Waals surface area contributed by atoms with Crippen LogP contribution >= 0.6 is 11.8 Å². The van der Waals surface area contributed by atoms with Crippen LogP contribution in [0, 0.1) is 0 Å². The molecule has 0 aliphatic heterocycles. The Bertz CT molecular complexity index is 756. The second kappa shape index (κ2) is 12.4. The fraction of sp³-hybridized carbons (Fsp3) is 0.650. The number of hydrogen-bond acceptors (Lipinski definition) is 5. The third-order valence-electron chi connectivity index (χ3n) is 4.87. The van der Waals surface area contributed by atoms with Crippen LogP contribution in [0.15, 0.2) is 34.2 Å². The number of thioether (sulfide) groups is 1. The van der Waals surface area contributed by atoms with Crippen LogP contribution < -0.4 is 15.4 Å². The summed E-state index contributed by atoms with van der Waals surface area (Å²) in [6.07, 6.45) is 7.00. The Balaban J connectivity index is 2.03. The zero-order chi connectivity index (χ0) is 21.1. The van der Waals surface area contributed by atoms with E-state index in [0.29, 0.717) is 24.4 Å². The van der Waals surface area contributed by atoms with Crippen LogP contribution in [-0.4, -0.2) is 58.7 Å². The van der Waals surface area contributed by atoms with Crippen molar-refractivity contribution >= 4 is 27.7 Å². The van der Waals surface area contributed by atoms with Gasteiger partial charge in [0.05, 0.1) is 18.0 Å². The summed E-state index contributed by atoms with van der Waals surface area (Å²) in [5.41, 5.74) is 0.849. The van der Waals surface area contributed by atoms with Crippen molar-refractivity contribution in [3.63, 3.8) is 0 Å². The predicted octanol–water partition coefficient (Wildman–Crippen LogP) is 2.34. The molecule has 7 nitrogen and oxygen atoms in total. The van der Waals surface area contributed by atoms with Gasteiger partial charge in [-0.05, 0) is 50.1 Å². The number of rotatable bonds is 10. The van der Waals surface area contributed by atoms with Crippen molar-refractivity contribution in [1.29, 1.82) is 0 Å². The highest BCUT2D eigenvalue weighted by Gasteiger charge is 2.22. The molecule has 0 spiro atoms. The normalized spacial score (nSPS) is 20.4. The molecule has 0 radical (unpaired) electrons. The van der Waals surface area contributed by atoms with E-state index in [0.717, 1.165) is 30.9 Å². The first kappa shape index (κ1) is 24.0. The Kier molecular flexibility index (Phi) is 10.3. The molecule has 1 fully saturated rings. The minimum absolute atomic E-state index is 0.244. The zero-order valence-corrected chi connectivity index (χ0v) is 19.2. The molecule has 1 aliphatic carbocycles. The summed E-state index contributed by atoms with van der Waals surface area (Å²) < 4.78 is 32.2. The number of methoxy groups -OCH3 is 1. The molecule has 2 unspecified atom stereocenters. The van der Waals surface area contributed by atoms with E-state index >= 15 is 0 Å². The smallest absolute Gasteiger partial charge is 0.240 e. The summed E-state index contributed by atoms with van der Waals surface area (Å²) in [6.45, 7) is 3.81. The maximum absolute atomic E-state index is 12.4. The highest BCUT2D eigenvalue weighted by Crippen LogP contribution is 2.26. The number of sulfonamides is 1. The highest BCUT2D eigenvalue weighted by atomic mass is 32.2. The standard InChI is InChI=1S/C20H34N4O3S2/c1-4-21-20(24-17-8-6-9-18(14-17)28-3)22-15-16-7-5-10-19(13-16)29(25,26)23-11-12-27-2/h5,7,10,13,17-18,23H,4,6,8-9,11-12,14-15H2,1-3H3,(H2,21,22,24). The number of benzene rings is 1. The van der Waals surface area contributed by atoms with Gasteiger partial charge in [0.2, 0.25) is 10.0 Å². The molecule has 0 aromatic heterocycles. The van der Waals surface area contributed by atoms with Crippen molar-refractivity contribution in [2.75, 3.05) is 33.1 Å². The van der Waals surface area contributed by atoms with E-state index in [9.17, 15) is 8.42 Å². The van der Waals surface area contributed by atoms with E-state index in [1.807, 2.05) is 24.8 Å². The van der Waals surface area contributed by atoms with Crippen LogP contribution in [0.3, 0.4) is 0 Å². The summed E-state index contributed by atoms with van der Waals surface area (Å²) in [5.74, 6) is 0.783. The molecule has 1 aromatic rings. The molecule has 164 valence electrons. The number of nitrogens with one attached hydrogen (secondary N) is 3. The first-order valence-electron chi connectivity index (χ1n) is 10.1. The number of nitrogens with zero attached hydrogens (tertiary/aromatic N) is 1. The minimum Gasteiger partial charge on any atom is -0.383 e. The number of aliphatic imine (C=N–C) groups is 1. The van der Waals surface area contributed by atoms with Crippen molar-refractivity contribution in [3.8, 4) is 0 Å².